The second-order valence-electron chi connectivity index (χ2n) is 9.15. The molecule has 10 heteroatoms. The van der Waals surface area contributed by atoms with Gasteiger partial charge in [0.25, 0.3) is 5.91 Å². The minimum atomic E-state index is -3.95. The Labute approximate surface area is 201 Å². The van der Waals surface area contributed by atoms with Crippen LogP contribution in [0, 0.1) is 5.92 Å². The fourth-order valence-corrected chi connectivity index (χ4v) is 6.50. The minimum absolute atomic E-state index is 0.00965. The molecule has 0 bridgehead atoms. The van der Waals surface area contributed by atoms with Gasteiger partial charge in [0.1, 0.15) is 4.90 Å². The van der Waals surface area contributed by atoms with E-state index in [9.17, 15) is 18.0 Å². The van der Waals surface area contributed by atoms with E-state index in [0.717, 1.165) is 25.7 Å². The molecule has 184 valence electrons. The molecule has 1 aromatic carbocycles. The van der Waals surface area contributed by atoms with Gasteiger partial charge in [0.05, 0.1) is 22.8 Å². The number of amides is 1. The number of esters is 1. The van der Waals surface area contributed by atoms with Crippen LogP contribution in [0.1, 0.15) is 63.7 Å². The number of ether oxygens (including phenoxy) is 2. The number of sulfonamides is 1. The van der Waals surface area contributed by atoms with Crippen molar-refractivity contribution in [2.45, 2.75) is 82.6 Å². The summed E-state index contributed by atoms with van der Waals surface area (Å²) in [5.74, 6) is -0.772. The van der Waals surface area contributed by atoms with Gasteiger partial charge in [0.2, 0.25) is 10.0 Å². The van der Waals surface area contributed by atoms with Crippen LogP contribution in [0.15, 0.2) is 23.1 Å². The third kappa shape index (κ3) is 6.26. The van der Waals surface area contributed by atoms with Gasteiger partial charge in [-0.15, -0.1) is 0 Å². The van der Waals surface area contributed by atoms with Gasteiger partial charge in [0.15, 0.2) is 6.10 Å². The number of halogens is 1. The van der Waals surface area contributed by atoms with Crippen LogP contribution in [0.2, 0.25) is 5.02 Å². The molecular weight excluding hydrogens is 468 g/mol. The third-order valence-corrected chi connectivity index (χ3v) is 8.58. The van der Waals surface area contributed by atoms with Crippen LogP contribution in [0.4, 0.5) is 0 Å². The lowest BCUT2D eigenvalue weighted by molar-refractivity contribution is -0.130. The topological polar surface area (TPSA) is 102 Å². The highest BCUT2D eigenvalue weighted by Crippen LogP contribution is 2.29. The van der Waals surface area contributed by atoms with Gasteiger partial charge in [-0.2, -0.15) is 4.31 Å². The average molecular weight is 501 g/mol. The summed E-state index contributed by atoms with van der Waals surface area (Å²) < 4.78 is 38.7. The van der Waals surface area contributed by atoms with Gasteiger partial charge in [-0.25, -0.2) is 13.2 Å². The van der Waals surface area contributed by atoms with Crippen molar-refractivity contribution in [2.24, 2.45) is 5.92 Å². The van der Waals surface area contributed by atoms with Crippen molar-refractivity contribution in [1.29, 1.82) is 0 Å². The number of nitrogens with one attached hydrogen (secondary N) is 1. The molecule has 33 heavy (non-hydrogen) atoms. The number of carbonyl (C=O) groups excluding carboxylic acids is 2. The fourth-order valence-electron chi connectivity index (χ4n) is 4.41. The van der Waals surface area contributed by atoms with Gasteiger partial charge in [0, 0.05) is 19.1 Å². The molecule has 2 fully saturated rings. The second-order valence-corrected chi connectivity index (χ2v) is 11.5. The van der Waals surface area contributed by atoms with Gasteiger partial charge in [-0.1, -0.05) is 31.4 Å². The first-order chi connectivity index (χ1) is 15.5. The molecule has 0 spiro atoms. The number of carbonyl (C=O) groups is 2. The van der Waals surface area contributed by atoms with E-state index in [1.807, 2.05) is 0 Å². The Morgan fingerprint density at radius 1 is 1.15 bits per heavy atom. The van der Waals surface area contributed by atoms with Crippen LogP contribution in [0.5, 0.6) is 0 Å². The van der Waals surface area contributed by atoms with Crippen LogP contribution < -0.4 is 5.32 Å². The van der Waals surface area contributed by atoms with E-state index >= 15 is 0 Å². The summed E-state index contributed by atoms with van der Waals surface area (Å²) in [5.41, 5.74) is 0.0121. The first-order valence-corrected chi connectivity index (χ1v) is 13.3. The molecule has 1 heterocycles. The lowest BCUT2D eigenvalue weighted by Crippen LogP contribution is -2.48. The SMILES string of the molecule is C[C@@H]1CN(S(=O)(=O)c2cc(C(=O)O[C@@H](C)C(=O)N[C@@H]3CCCC[C@@H]3C)ccc2Cl)C[C@H](C)O1. The lowest BCUT2D eigenvalue weighted by atomic mass is 9.86. The molecule has 1 saturated heterocycles. The second kappa shape index (κ2) is 10.7. The average Bonchev–Trinajstić information content (AvgIpc) is 2.74. The largest absolute Gasteiger partial charge is 0.449 e. The van der Waals surface area contributed by atoms with E-state index < -0.39 is 22.1 Å². The number of benzene rings is 1. The zero-order valence-corrected chi connectivity index (χ0v) is 21.1. The predicted octanol–water partition coefficient (Wildman–Crippen LogP) is 3.38. The van der Waals surface area contributed by atoms with Gasteiger partial charge < -0.3 is 14.8 Å². The van der Waals surface area contributed by atoms with Crippen molar-refractivity contribution in [3.63, 3.8) is 0 Å². The maximum absolute atomic E-state index is 13.2. The van der Waals surface area contributed by atoms with Crippen molar-refractivity contribution in [3.8, 4) is 0 Å². The Hall–Kier alpha value is -1.68. The molecule has 1 aromatic rings. The zero-order valence-electron chi connectivity index (χ0n) is 19.5. The van der Waals surface area contributed by atoms with Crippen molar-refractivity contribution < 1.29 is 27.5 Å². The highest BCUT2D eigenvalue weighted by Gasteiger charge is 2.34. The summed E-state index contributed by atoms with van der Waals surface area (Å²) in [6.07, 6.45) is 2.65. The van der Waals surface area contributed by atoms with Crippen LogP contribution in [0.25, 0.3) is 0 Å². The molecule has 1 aliphatic carbocycles. The fraction of sp³-hybridized carbons (Fsp3) is 0.652. The molecule has 1 saturated carbocycles. The van der Waals surface area contributed by atoms with Crippen LogP contribution in [-0.2, 0) is 24.3 Å². The number of nitrogens with zero attached hydrogens (tertiary/aromatic N) is 1. The molecule has 1 N–H and O–H groups in total. The summed E-state index contributed by atoms with van der Waals surface area (Å²) in [6.45, 7) is 7.59. The van der Waals surface area contributed by atoms with Gasteiger partial charge in [-0.05, 0) is 57.7 Å². The molecule has 3 rings (SSSR count). The highest BCUT2D eigenvalue weighted by molar-refractivity contribution is 7.89. The maximum atomic E-state index is 13.2. The van der Waals surface area contributed by atoms with E-state index in [1.165, 1.54) is 29.4 Å². The molecule has 0 unspecified atom stereocenters. The smallest absolute Gasteiger partial charge is 0.338 e. The lowest BCUT2D eigenvalue weighted by Gasteiger charge is -2.34. The standard InChI is InChI=1S/C23H33ClN2O6S/c1-14-7-5-6-8-20(14)25-22(27)17(4)32-23(28)18-9-10-19(24)21(11-18)33(29,30)26-12-15(2)31-16(3)13-26/h9-11,14-17,20H,5-8,12-13H2,1-4H3,(H,25,27)/t14-,15-,16+,17-,20+/m0/s1. The molecule has 5 atom stereocenters. The van der Waals surface area contributed by atoms with E-state index in [-0.39, 0.29) is 52.7 Å². The Balaban J connectivity index is 1.71. The normalized spacial score (nSPS) is 27.5. The summed E-state index contributed by atoms with van der Waals surface area (Å²) in [5, 5.41) is 2.98. The monoisotopic (exact) mass is 500 g/mol. The Morgan fingerprint density at radius 3 is 2.42 bits per heavy atom. The van der Waals surface area contributed by atoms with Gasteiger partial charge >= 0.3 is 5.97 Å². The Kier molecular flexibility index (Phi) is 8.42. The Bertz CT molecular complexity index is 975. The van der Waals surface area contributed by atoms with E-state index in [0.29, 0.717) is 5.92 Å². The van der Waals surface area contributed by atoms with Crippen molar-refractivity contribution >= 4 is 33.5 Å². The van der Waals surface area contributed by atoms with E-state index in [4.69, 9.17) is 21.1 Å². The zero-order chi connectivity index (χ0) is 24.3. The van der Waals surface area contributed by atoms with Crippen LogP contribution in [0.3, 0.4) is 0 Å². The quantitative estimate of drug-likeness (QED) is 0.601. The predicted molar refractivity (Wildman–Crippen MR) is 125 cm³/mol. The summed E-state index contributed by atoms with van der Waals surface area (Å²) in [6, 6.07) is 4.02. The summed E-state index contributed by atoms with van der Waals surface area (Å²) in [4.78, 5) is 25.1. The van der Waals surface area contributed by atoms with Crippen LogP contribution >= 0.6 is 11.6 Å². The highest BCUT2D eigenvalue weighted by atomic mass is 35.5. The number of morpholine rings is 1. The first kappa shape index (κ1) is 25.9. The summed E-state index contributed by atoms with van der Waals surface area (Å²) >= 11 is 6.20. The van der Waals surface area contributed by atoms with Crippen molar-refractivity contribution in [2.75, 3.05) is 13.1 Å². The minimum Gasteiger partial charge on any atom is -0.449 e. The molecule has 2 aliphatic rings. The molecule has 0 aromatic heterocycles. The van der Waals surface area contributed by atoms with Gasteiger partial charge in [-0.3, -0.25) is 4.79 Å². The molecular formula is C23H33ClN2O6S. The maximum Gasteiger partial charge on any atom is 0.338 e. The number of rotatable bonds is 6. The molecule has 8 nitrogen and oxygen atoms in total. The summed E-state index contributed by atoms with van der Waals surface area (Å²) in [7, 11) is -3.95. The van der Waals surface area contributed by atoms with Crippen molar-refractivity contribution in [3.05, 3.63) is 28.8 Å². The van der Waals surface area contributed by atoms with Crippen molar-refractivity contribution in [1.82, 2.24) is 9.62 Å². The number of hydrogen-bond donors (Lipinski definition) is 1. The van der Waals surface area contributed by atoms with E-state index in [2.05, 4.69) is 12.2 Å². The third-order valence-electron chi connectivity index (χ3n) is 6.26. The van der Waals surface area contributed by atoms with Crippen LogP contribution in [-0.4, -0.2) is 62.0 Å². The molecule has 1 aliphatic heterocycles. The molecule has 0 radical (unpaired) electrons. The molecule has 1 amide bonds. The van der Waals surface area contributed by atoms with E-state index in [1.54, 1.807) is 13.8 Å². The Morgan fingerprint density at radius 2 is 1.79 bits per heavy atom. The number of hydrogen-bond acceptors (Lipinski definition) is 6. The first-order valence-electron chi connectivity index (χ1n) is 11.5.